The SMILES string of the molecule is CCOc1cc2c(c(OC)c1)C(=O)N(Cc1ccc(OC(F)(F)F)cc1)C2. The first-order valence-corrected chi connectivity index (χ1v) is 8.28. The summed E-state index contributed by atoms with van der Waals surface area (Å²) in [5, 5.41) is 0. The molecule has 0 bridgehead atoms. The molecule has 5 nitrogen and oxygen atoms in total. The van der Waals surface area contributed by atoms with Gasteiger partial charge in [0, 0.05) is 19.2 Å². The number of benzene rings is 2. The average molecular weight is 381 g/mol. The van der Waals surface area contributed by atoms with Crippen molar-refractivity contribution >= 4 is 5.91 Å². The van der Waals surface area contributed by atoms with E-state index in [1.165, 1.54) is 31.4 Å². The minimum atomic E-state index is -4.73. The molecule has 2 aromatic rings. The Labute approximate surface area is 154 Å². The minimum Gasteiger partial charge on any atom is -0.496 e. The number of rotatable bonds is 6. The van der Waals surface area contributed by atoms with Crippen molar-refractivity contribution in [2.75, 3.05) is 13.7 Å². The Bertz CT molecular complexity index is 834. The number of hydrogen-bond acceptors (Lipinski definition) is 4. The molecule has 1 heterocycles. The lowest BCUT2D eigenvalue weighted by Crippen LogP contribution is -2.23. The van der Waals surface area contributed by atoms with Gasteiger partial charge in [-0.25, -0.2) is 0 Å². The summed E-state index contributed by atoms with van der Waals surface area (Å²) in [7, 11) is 1.49. The fraction of sp³-hybridized carbons (Fsp3) is 0.316. The molecule has 0 aromatic heterocycles. The Morgan fingerprint density at radius 2 is 1.81 bits per heavy atom. The molecule has 0 aliphatic carbocycles. The molecule has 1 aliphatic rings. The zero-order valence-electron chi connectivity index (χ0n) is 14.8. The van der Waals surface area contributed by atoms with Crippen LogP contribution in [0.2, 0.25) is 0 Å². The predicted molar refractivity (Wildman–Crippen MR) is 90.9 cm³/mol. The molecule has 0 N–H and O–H groups in total. The van der Waals surface area contributed by atoms with Crippen LogP contribution in [0.4, 0.5) is 13.2 Å². The standard InChI is InChI=1S/C19H18F3NO4/c1-3-26-15-8-13-11-23(18(24)17(13)16(9-15)25-2)10-12-4-6-14(7-5-12)27-19(20,21)22/h4-9H,3,10-11H2,1-2H3. The van der Waals surface area contributed by atoms with Crippen LogP contribution in [0, 0.1) is 0 Å². The number of ether oxygens (including phenoxy) is 3. The summed E-state index contributed by atoms with van der Waals surface area (Å²) in [6.45, 7) is 2.98. The van der Waals surface area contributed by atoms with Gasteiger partial charge in [-0.3, -0.25) is 4.79 Å². The maximum absolute atomic E-state index is 12.7. The number of carbonyl (C=O) groups is 1. The molecular weight excluding hydrogens is 363 g/mol. The molecule has 0 spiro atoms. The van der Waals surface area contributed by atoms with Crippen LogP contribution in [-0.2, 0) is 13.1 Å². The maximum Gasteiger partial charge on any atom is 0.573 e. The number of hydrogen-bond donors (Lipinski definition) is 0. The van der Waals surface area contributed by atoms with Crippen molar-refractivity contribution in [1.29, 1.82) is 0 Å². The molecule has 0 atom stereocenters. The molecule has 0 fully saturated rings. The molecule has 0 saturated heterocycles. The van der Waals surface area contributed by atoms with Gasteiger partial charge in [0.2, 0.25) is 0 Å². The summed E-state index contributed by atoms with van der Waals surface area (Å²) in [6.07, 6.45) is -4.73. The van der Waals surface area contributed by atoms with E-state index in [1.54, 1.807) is 17.0 Å². The summed E-state index contributed by atoms with van der Waals surface area (Å²) in [5.74, 6) is 0.569. The zero-order valence-corrected chi connectivity index (χ0v) is 14.8. The van der Waals surface area contributed by atoms with E-state index in [0.29, 0.717) is 35.8 Å². The van der Waals surface area contributed by atoms with Gasteiger partial charge in [0.1, 0.15) is 17.2 Å². The molecule has 0 unspecified atom stereocenters. The summed E-state index contributed by atoms with van der Waals surface area (Å²) >= 11 is 0. The highest BCUT2D eigenvalue weighted by molar-refractivity contribution is 6.01. The van der Waals surface area contributed by atoms with Crippen LogP contribution >= 0.6 is 0 Å². The van der Waals surface area contributed by atoms with Crippen molar-refractivity contribution in [1.82, 2.24) is 4.90 Å². The van der Waals surface area contributed by atoms with Gasteiger partial charge in [-0.2, -0.15) is 0 Å². The van der Waals surface area contributed by atoms with Crippen molar-refractivity contribution in [2.45, 2.75) is 26.4 Å². The number of amides is 1. The normalized spacial score (nSPS) is 13.5. The largest absolute Gasteiger partial charge is 0.573 e. The Morgan fingerprint density at radius 3 is 2.41 bits per heavy atom. The van der Waals surface area contributed by atoms with Crippen molar-refractivity contribution in [3.05, 3.63) is 53.1 Å². The van der Waals surface area contributed by atoms with E-state index in [2.05, 4.69) is 4.74 Å². The molecule has 1 amide bonds. The third-order valence-corrected chi connectivity index (χ3v) is 4.08. The summed E-state index contributed by atoms with van der Waals surface area (Å²) < 4.78 is 51.4. The lowest BCUT2D eigenvalue weighted by Gasteiger charge is -2.16. The van der Waals surface area contributed by atoms with E-state index >= 15 is 0 Å². The second-order valence-corrected chi connectivity index (χ2v) is 5.95. The molecule has 2 aromatic carbocycles. The van der Waals surface area contributed by atoms with Gasteiger partial charge in [-0.05, 0) is 36.2 Å². The van der Waals surface area contributed by atoms with E-state index in [9.17, 15) is 18.0 Å². The van der Waals surface area contributed by atoms with Crippen LogP contribution < -0.4 is 14.2 Å². The molecule has 144 valence electrons. The van der Waals surface area contributed by atoms with Crippen LogP contribution in [0.5, 0.6) is 17.2 Å². The number of halogens is 3. The first-order chi connectivity index (χ1) is 12.8. The number of alkyl halides is 3. The Hall–Kier alpha value is -2.90. The summed E-state index contributed by atoms with van der Waals surface area (Å²) in [6, 6.07) is 8.93. The predicted octanol–water partition coefficient (Wildman–Crippen LogP) is 4.15. The van der Waals surface area contributed by atoms with E-state index in [-0.39, 0.29) is 18.2 Å². The van der Waals surface area contributed by atoms with Gasteiger partial charge < -0.3 is 19.1 Å². The summed E-state index contributed by atoms with van der Waals surface area (Å²) in [4.78, 5) is 14.3. The van der Waals surface area contributed by atoms with Crippen molar-refractivity contribution in [3.63, 3.8) is 0 Å². The van der Waals surface area contributed by atoms with Crippen molar-refractivity contribution < 1.29 is 32.2 Å². The number of carbonyl (C=O) groups excluding carboxylic acids is 1. The van der Waals surface area contributed by atoms with Crippen LogP contribution in [0.25, 0.3) is 0 Å². The second kappa shape index (κ2) is 7.38. The summed E-state index contributed by atoms with van der Waals surface area (Å²) in [5.41, 5.74) is 1.97. The highest BCUT2D eigenvalue weighted by Gasteiger charge is 2.32. The monoisotopic (exact) mass is 381 g/mol. The highest BCUT2D eigenvalue weighted by Crippen LogP contribution is 2.36. The molecule has 0 saturated carbocycles. The van der Waals surface area contributed by atoms with E-state index in [1.807, 2.05) is 6.92 Å². The lowest BCUT2D eigenvalue weighted by molar-refractivity contribution is -0.274. The van der Waals surface area contributed by atoms with Crippen molar-refractivity contribution in [3.8, 4) is 17.2 Å². The van der Waals surface area contributed by atoms with Gasteiger partial charge in [-0.1, -0.05) is 12.1 Å². The molecule has 3 rings (SSSR count). The minimum absolute atomic E-state index is 0.194. The van der Waals surface area contributed by atoms with Crippen molar-refractivity contribution in [2.24, 2.45) is 0 Å². The quantitative estimate of drug-likeness (QED) is 0.754. The zero-order chi connectivity index (χ0) is 19.6. The van der Waals surface area contributed by atoms with Crippen LogP contribution in [0.1, 0.15) is 28.4 Å². The molecular formula is C19H18F3NO4. The lowest BCUT2D eigenvalue weighted by atomic mass is 10.1. The first-order valence-electron chi connectivity index (χ1n) is 8.28. The van der Waals surface area contributed by atoms with Crippen LogP contribution in [-0.4, -0.2) is 30.9 Å². The smallest absolute Gasteiger partial charge is 0.496 e. The van der Waals surface area contributed by atoms with Gasteiger partial charge in [0.05, 0.1) is 19.3 Å². The fourth-order valence-electron chi connectivity index (χ4n) is 3.00. The Morgan fingerprint density at radius 1 is 1.11 bits per heavy atom. The van der Waals surface area contributed by atoms with E-state index in [4.69, 9.17) is 9.47 Å². The van der Waals surface area contributed by atoms with E-state index in [0.717, 1.165) is 5.56 Å². The average Bonchev–Trinajstić information content (AvgIpc) is 2.91. The second-order valence-electron chi connectivity index (χ2n) is 5.95. The molecule has 1 aliphatic heterocycles. The maximum atomic E-state index is 12.7. The van der Waals surface area contributed by atoms with Gasteiger partial charge in [0.25, 0.3) is 5.91 Å². The topological polar surface area (TPSA) is 48.0 Å². The van der Waals surface area contributed by atoms with Gasteiger partial charge in [0.15, 0.2) is 0 Å². The van der Waals surface area contributed by atoms with E-state index < -0.39 is 6.36 Å². The molecule has 8 heteroatoms. The molecule has 0 radical (unpaired) electrons. The fourth-order valence-corrected chi connectivity index (χ4v) is 3.00. The third kappa shape index (κ3) is 4.27. The van der Waals surface area contributed by atoms with Crippen LogP contribution in [0.3, 0.4) is 0 Å². The highest BCUT2D eigenvalue weighted by atomic mass is 19.4. The number of fused-ring (bicyclic) bond motifs is 1. The number of nitrogens with zero attached hydrogens (tertiary/aromatic N) is 1. The third-order valence-electron chi connectivity index (χ3n) is 4.08. The molecule has 27 heavy (non-hydrogen) atoms. The van der Waals surface area contributed by atoms with Gasteiger partial charge >= 0.3 is 6.36 Å². The Balaban J connectivity index is 1.76. The van der Waals surface area contributed by atoms with Crippen LogP contribution in [0.15, 0.2) is 36.4 Å². The van der Waals surface area contributed by atoms with Gasteiger partial charge in [-0.15, -0.1) is 13.2 Å². The number of methoxy groups -OCH3 is 1. The first kappa shape index (κ1) is 18.9. The Kier molecular flexibility index (Phi) is 5.16.